The quantitative estimate of drug-likeness (QED) is 0.393. The van der Waals surface area contributed by atoms with E-state index in [4.69, 9.17) is 16.3 Å². The van der Waals surface area contributed by atoms with Crippen molar-refractivity contribution in [3.05, 3.63) is 0 Å². The van der Waals surface area contributed by atoms with Crippen LogP contribution >= 0.6 is 17.0 Å². The number of hydrogen-bond donors (Lipinski definition) is 1. The molecule has 0 aliphatic heterocycles. The van der Waals surface area contributed by atoms with E-state index >= 15 is 0 Å². The third-order valence-corrected chi connectivity index (χ3v) is 7.82. The van der Waals surface area contributed by atoms with Crippen LogP contribution < -0.4 is 5.09 Å². The van der Waals surface area contributed by atoms with Crippen molar-refractivity contribution < 1.29 is 4.52 Å². The summed E-state index contributed by atoms with van der Waals surface area (Å²) in [6.45, 7) is 11.2. The van der Waals surface area contributed by atoms with Gasteiger partial charge in [0.1, 0.15) is 0 Å². The van der Waals surface area contributed by atoms with Crippen LogP contribution in [0.1, 0.15) is 47.5 Å². The van der Waals surface area contributed by atoms with Gasteiger partial charge >= 0.3 is 0 Å². The molecule has 6 heteroatoms. The molecule has 0 aromatic heterocycles. The molecule has 0 radical (unpaired) electrons. The standard InChI is InChI=1S/C11H25N2OPS2/c1-6-8-14-15(16,17-11(5)7-2)13-9-12-10(3)4/h9-11H,6-8H2,1-5H3,(H,12,13,16). The van der Waals surface area contributed by atoms with E-state index in [-0.39, 0.29) is 6.04 Å². The Balaban J connectivity index is 4.43. The first kappa shape index (κ1) is 17.4. The molecule has 0 amide bonds. The molecule has 2 atom stereocenters. The van der Waals surface area contributed by atoms with Crippen LogP contribution in [0.5, 0.6) is 0 Å². The Kier molecular flexibility index (Phi) is 9.61. The Bertz CT molecular complexity index is 272. The average molecular weight is 296 g/mol. The van der Waals surface area contributed by atoms with E-state index in [2.05, 4.69) is 30.9 Å². The summed E-state index contributed by atoms with van der Waals surface area (Å²) in [4.78, 5) is 4.28. The maximum Gasteiger partial charge on any atom is 0.211 e. The van der Waals surface area contributed by atoms with Gasteiger partial charge in [-0.05, 0) is 38.5 Å². The van der Waals surface area contributed by atoms with E-state index in [9.17, 15) is 0 Å². The SMILES string of the molecule is CCCOP(=S)(NC=NC(C)C)SC(C)CC. The minimum Gasteiger partial charge on any atom is -0.326 e. The maximum absolute atomic E-state index is 5.82. The lowest BCUT2D eigenvalue weighted by atomic mass is 10.4. The van der Waals surface area contributed by atoms with Crippen molar-refractivity contribution >= 4 is 35.1 Å². The van der Waals surface area contributed by atoms with E-state index in [1.54, 1.807) is 17.7 Å². The second kappa shape index (κ2) is 9.37. The molecule has 0 saturated carbocycles. The molecule has 0 rings (SSSR count). The van der Waals surface area contributed by atoms with Gasteiger partial charge in [0.15, 0.2) is 0 Å². The molecule has 0 bridgehead atoms. The van der Waals surface area contributed by atoms with Gasteiger partial charge in [0, 0.05) is 11.3 Å². The van der Waals surface area contributed by atoms with Crippen molar-refractivity contribution in [2.24, 2.45) is 4.99 Å². The Morgan fingerprint density at radius 3 is 2.53 bits per heavy atom. The highest BCUT2D eigenvalue weighted by molar-refractivity contribution is 8.69. The molecule has 3 nitrogen and oxygen atoms in total. The molecule has 0 aromatic carbocycles. The van der Waals surface area contributed by atoms with Crippen molar-refractivity contribution in [2.45, 2.75) is 58.8 Å². The summed E-state index contributed by atoms with van der Waals surface area (Å²) in [6, 6.07) is 0.283. The molecule has 0 aromatic rings. The molecule has 0 saturated heterocycles. The second-order valence-corrected chi connectivity index (χ2v) is 11.1. The minimum atomic E-state index is -2.01. The first-order valence-corrected chi connectivity index (χ1v) is 10.4. The van der Waals surface area contributed by atoms with Gasteiger partial charge in [-0.2, -0.15) is 0 Å². The van der Waals surface area contributed by atoms with Gasteiger partial charge in [0.05, 0.1) is 12.9 Å². The second-order valence-electron chi connectivity index (χ2n) is 4.16. The van der Waals surface area contributed by atoms with E-state index in [0.717, 1.165) is 12.8 Å². The van der Waals surface area contributed by atoms with Crippen molar-refractivity contribution in [1.29, 1.82) is 0 Å². The van der Waals surface area contributed by atoms with Crippen molar-refractivity contribution in [1.82, 2.24) is 5.09 Å². The summed E-state index contributed by atoms with van der Waals surface area (Å²) < 4.78 is 5.82. The highest BCUT2D eigenvalue weighted by Gasteiger charge is 2.20. The van der Waals surface area contributed by atoms with Crippen LogP contribution in [0, 0.1) is 0 Å². The van der Waals surface area contributed by atoms with Crippen molar-refractivity contribution in [3.63, 3.8) is 0 Å². The monoisotopic (exact) mass is 296 g/mol. The fourth-order valence-corrected chi connectivity index (χ4v) is 6.61. The van der Waals surface area contributed by atoms with Gasteiger partial charge in [-0.1, -0.05) is 32.2 Å². The van der Waals surface area contributed by atoms with Gasteiger partial charge in [0.25, 0.3) is 0 Å². The molecular formula is C11H25N2OPS2. The lowest BCUT2D eigenvalue weighted by molar-refractivity contribution is 0.356. The van der Waals surface area contributed by atoms with E-state index in [0.29, 0.717) is 11.9 Å². The summed E-state index contributed by atoms with van der Waals surface area (Å²) in [5.41, 5.74) is -2.01. The molecule has 0 aliphatic rings. The number of nitrogens with one attached hydrogen (secondary N) is 1. The molecule has 0 heterocycles. The molecular weight excluding hydrogens is 271 g/mol. The van der Waals surface area contributed by atoms with Gasteiger partial charge in [-0.15, -0.1) is 0 Å². The van der Waals surface area contributed by atoms with Crippen LogP contribution in [0.2, 0.25) is 0 Å². The molecule has 1 N–H and O–H groups in total. The van der Waals surface area contributed by atoms with Crippen LogP contribution in [0.4, 0.5) is 0 Å². The minimum absolute atomic E-state index is 0.283. The van der Waals surface area contributed by atoms with Gasteiger partial charge in [0.2, 0.25) is 5.62 Å². The maximum atomic E-state index is 5.82. The predicted octanol–water partition coefficient (Wildman–Crippen LogP) is 4.20. The molecule has 0 aliphatic carbocycles. The first-order valence-electron chi connectivity index (χ1n) is 6.16. The van der Waals surface area contributed by atoms with E-state index in [1.165, 1.54) is 0 Å². The first-order chi connectivity index (χ1) is 7.93. The van der Waals surface area contributed by atoms with Crippen molar-refractivity contribution in [2.75, 3.05) is 6.61 Å². The normalized spacial score (nSPS) is 17.3. The lowest BCUT2D eigenvalue weighted by Crippen LogP contribution is -2.12. The summed E-state index contributed by atoms with van der Waals surface area (Å²) >= 11 is 7.35. The number of rotatable bonds is 9. The fourth-order valence-electron chi connectivity index (χ4n) is 0.874. The highest BCUT2D eigenvalue weighted by Crippen LogP contribution is 2.58. The Morgan fingerprint density at radius 2 is 2.06 bits per heavy atom. The predicted molar refractivity (Wildman–Crippen MR) is 84.6 cm³/mol. The molecule has 0 spiro atoms. The topological polar surface area (TPSA) is 33.6 Å². The highest BCUT2D eigenvalue weighted by atomic mass is 32.9. The largest absolute Gasteiger partial charge is 0.326 e. The van der Waals surface area contributed by atoms with E-state index < -0.39 is 5.62 Å². The zero-order chi connectivity index (χ0) is 13.3. The summed E-state index contributed by atoms with van der Waals surface area (Å²) in [5.74, 6) is 0. The zero-order valence-corrected chi connectivity index (χ0v) is 14.0. The molecule has 102 valence electrons. The summed E-state index contributed by atoms with van der Waals surface area (Å²) in [6.07, 6.45) is 3.81. The zero-order valence-electron chi connectivity index (χ0n) is 11.5. The molecule has 0 fully saturated rings. The Morgan fingerprint density at radius 1 is 1.41 bits per heavy atom. The summed E-state index contributed by atoms with van der Waals surface area (Å²) in [5, 5.41) is 3.71. The number of aliphatic imine (C=N–C) groups is 1. The van der Waals surface area contributed by atoms with Crippen LogP contribution in [0.15, 0.2) is 4.99 Å². The van der Waals surface area contributed by atoms with Gasteiger partial charge in [-0.25, -0.2) is 0 Å². The summed E-state index contributed by atoms with van der Waals surface area (Å²) in [7, 11) is 0. The van der Waals surface area contributed by atoms with Crippen molar-refractivity contribution in [3.8, 4) is 0 Å². The fraction of sp³-hybridized carbons (Fsp3) is 0.909. The number of nitrogens with zero attached hydrogens (tertiary/aromatic N) is 1. The smallest absolute Gasteiger partial charge is 0.211 e. The van der Waals surface area contributed by atoms with Crippen LogP contribution in [0.25, 0.3) is 0 Å². The van der Waals surface area contributed by atoms with Crippen LogP contribution in [-0.2, 0) is 16.3 Å². The Labute approximate surface area is 115 Å². The average Bonchev–Trinajstić information content (AvgIpc) is 2.25. The molecule has 17 heavy (non-hydrogen) atoms. The lowest BCUT2D eigenvalue weighted by Gasteiger charge is -2.23. The van der Waals surface area contributed by atoms with Crippen LogP contribution in [-0.4, -0.2) is 24.2 Å². The third kappa shape index (κ3) is 9.06. The molecule has 2 unspecified atom stereocenters. The third-order valence-electron chi connectivity index (χ3n) is 1.95. The van der Waals surface area contributed by atoms with Gasteiger partial charge < -0.3 is 9.61 Å². The van der Waals surface area contributed by atoms with Gasteiger partial charge in [-0.3, -0.25) is 4.99 Å². The van der Waals surface area contributed by atoms with E-state index in [1.807, 2.05) is 13.8 Å². The number of hydrogen-bond acceptors (Lipinski definition) is 4. The van der Waals surface area contributed by atoms with Crippen LogP contribution in [0.3, 0.4) is 0 Å². The Hall–Kier alpha value is 0.430.